The van der Waals surface area contributed by atoms with Gasteiger partial charge in [0.25, 0.3) is 0 Å². The van der Waals surface area contributed by atoms with Gasteiger partial charge in [-0.2, -0.15) is 0 Å². The van der Waals surface area contributed by atoms with Gasteiger partial charge >= 0.3 is 0 Å². The maximum absolute atomic E-state index is 3.58. The molecule has 0 nitrogen and oxygen atoms in total. The van der Waals surface area contributed by atoms with Gasteiger partial charge in [-0.3, -0.25) is 0 Å². The Balaban J connectivity index is 2.80. The van der Waals surface area contributed by atoms with Crippen LogP contribution in [-0.4, -0.2) is 0 Å². The molecule has 0 spiro atoms. The highest BCUT2D eigenvalue weighted by Gasteiger charge is 2.10. The van der Waals surface area contributed by atoms with E-state index in [2.05, 4.69) is 49.7 Å². The minimum atomic E-state index is 0.752. The molecule has 2 heteroatoms. The van der Waals surface area contributed by atoms with Gasteiger partial charge in [0.15, 0.2) is 0 Å². The highest BCUT2D eigenvalue weighted by Crippen LogP contribution is 2.30. The van der Waals surface area contributed by atoms with Crippen LogP contribution in [-0.2, 0) is 12.8 Å². The number of thiophene rings is 1. The van der Waals surface area contributed by atoms with E-state index in [0.29, 0.717) is 0 Å². The van der Waals surface area contributed by atoms with E-state index < -0.39 is 0 Å². The first-order valence-corrected chi connectivity index (χ1v) is 6.87. The van der Waals surface area contributed by atoms with Crippen molar-refractivity contribution in [3.63, 3.8) is 0 Å². The van der Waals surface area contributed by atoms with Crippen molar-refractivity contribution in [1.82, 2.24) is 0 Å². The summed E-state index contributed by atoms with van der Waals surface area (Å²) >= 11 is 5.48. The standard InChI is InChI=1S/C12H19BrS/c1-8(2)5-10-7-12(13)14-11(10)6-9(3)4/h7-9H,5-6H2,1-4H3. The Hall–Kier alpha value is 0.180. The van der Waals surface area contributed by atoms with Gasteiger partial charge < -0.3 is 0 Å². The SMILES string of the molecule is CC(C)Cc1cc(Br)sc1CC(C)C. The van der Waals surface area contributed by atoms with E-state index in [0.717, 1.165) is 11.8 Å². The summed E-state index contributed by atoms with van der Waals surface area (Å²) in [5, 5.41) is 0. The van der Waals surface area contributed by atoms with Crippen LogP contribution in [0, 0.1) is 11.8 Å². The molecule has 0 amide bonds. The second-order valence-electron chi connectivity index (χ2n) is 4.69. The molecule has 0 saturated carbocycles. The zero-order chi connectivity index (χ0) is 10.7. The number of hydrogen-bond acceptors (Lipinski definition) is 1. The second-order valence-corrected chi connectivity index (χ2v) is 7.21. The van der Waals surface area contributed by atoms with Crippen LogP contribution in [0.3, 0.4) is 0 Å². The minimum Gasteiger partial charge on any atom is -0.133 e. The van der Waals surface area contributed by atoms with Crippen molar-refractivity contribution in [3.05, 3.63) is 20.3 Å². The van der Waals surface area contributed by atoms with Crippen molar-refractivity contribution in [2.75, 3.05) is 0 Å². The molecule has 1 heterocycles. The molecule has 1 rings (SSSR count). The summed E-state index contributed by atoms with van der Waals surface area (Å²) in [7, 11) is 0. The van der Waals surface area contributed by atoms with E-state index in [9.17, 15) is 0 Å². The fraction of sp³-hybridized carbons (Fsp3) is 0.667. The zero-order valence-corrected chi connectivity index (χ0v) is 11.8. The molecular formula is C12H19BrS. The molecular weight excluding hydrogens is 256 g/mol. The van der Waals surface area contributed by atoms with Crippen LogP contribution in [0.25, 0.3) is 0 Å². The summed E-state index contributed by atoms with van der Waals surface area (Å²) in [6, 6.07) is 2.29. The summed E-state index contributed by atoms with van der Waals surface area (Å²) in [6.45, 7) is 9.13. The Kier molecular flexibility index (Phi) is 4.65. The molecule has 0 bridgehead atoms. The minimum absolute atomic E-state index is 0.752. The molecule has 0 radical (unpaired) electrons. The fourth-order valence-corrected chi connectivity index (χ4v) is 3.58. The number of halogens is 1. The van der Waals surface area contributed by atoms with Crippen molar-refractivity contribution in [2.45, 2.75) is 40.5 Å². The lowest BCUT2D eigenvalue weighted by atomic mass is 10.00. The van der Waals surface area contributed by atoms with Crippen LogP contribution in [0.15, 0.2) is 9.85 Å². The third-order valence-electron chi connectivity index (χ3n) is 2.09. The summed E-state index contributed by atoms with van der Waals surface area (Å²) in [4.78, 5) is 1.57. The topological polar surface area (TPSA) is 0 Å². The van der Waals surface area contributed by atoms with Gasteiger partial charge in [-0.1, -0.05) is 27.7 Å². The van der Waals surface area contributed by atoms with Crippen molar-refractivity contribution in [1.29, 1.82) is 0 Å². The average molecular weight is 275 g/mol. The summed E-state index contributed by atoms with van der Waals surface area (Å²) in [5.74, 6) is 1.51. The van der Waals surface area contributed by atoms with Crippen LogP contribution in [0.2, 0.25) is 0 Å². The molecule has 0 unspecified atom stereocenters. The Bertz CT molecular complexity index is 259. The molecule has 1 aromatic rings. The lowest BCUT2D eigenvalue weighted by Gasteiger charge is -2.08. The van der Waals surface area contributed by atoms with Gasteiger partial charge in [-0.05, 0) is 52.2 Å². The molecule has 0 aliphatic rings. The molecule has 0 N–H and O–H groups in total. The number of rotatable bonds is 4. The molecule has 80 valence electrons. The van der Waals surface area contributed by atoms with Crippen molar-refractivity contribution in [2.24, 2.45) is 11.8 Å². The highest BCUT2D eigenvalue weighted by atomic mass is 79.9. The Morgan fingerprint density at radius 2 is 1.71 bits per heavy atom. The van der Waals surface area contributed by atoms with E-state index in [4.69, 9.17) is 0 Å². The lowest BCUT2D eigenvalue weighted by Crippen LogP contribution is -1.99. The highest BCUT2D eigenvalue weighted by molar-refractivity contribution is 9.11. The third-order valence-corrected chi connectivity index (χ3v) is 3.79. The monoisotopic (exact) mass is 274 g/mol. The van der Waals surface area contributed by atoms with Gasteiger partial charge in [-0.15, -0.1) is 11.3 Å². The molecule has 0 fully saturated rings. The van der Waals surface area contributed by atoms with E-state index in [1.807, 2.05) is 11.3 Å². The van der Waals surface area contributed by atoms with Gasteiger partial charge in [0.1, 0.15) is 0 Å². The maximum atomic E-state index is 3.58. The largest absolute Gasteiger partial charge is 0.133 e. The van der Waals surface area contributed by atoms with Gasteiger partial charge in [0.05, 0.1) is 3.79 Å². The zero-order valence-electron chi connectivity index (χ0n) is 9.43. The summed E-state index contributed by atoms with van der Waals surface area (Å²) in [6.07, 6.45) is 2.43. The maximum Gasteiger partial charge on any atom is 0.0704 e. The predicted molar refractivity (Wildman–Crippen MR) is 69.1 cm³/mol. The van der Waals surface area contributed by atoms with Crippen molar-refractivity contribution < 1.29 is 0 Å². The fourth-order valence-electron chi connectivity index (χ4n) is 1.59. The van der Waals surface area contributed by atoms with Crippen LogP contribution in [0.4, 0.5) is 0 Å². The Morgan fingerprint density at radius 3 is 2.21 bits per heavy atom. The van der Waals surface area contributed by atoms with Crippen LogP contribution < -0.4 is 0 Å². The second kappa shape index (κ2) is 5.32. The Labute approximate surface area is 99.9 Å². The van der Waals surface area contributed by atoms with E-state index in [-0.39, 0.29) is 0 Å². The first kappa shape index (κ1) is 12.3. The Morgan fingerprint density at radius 1 is 1.14 bits per heavy atom. The van der Waals surface area contributed by atoms with Crippen LogP contribution in [0.1, 0.15) is 38.1 Å². The third kappa shape index (κ3) is 3.74. The molecule has 0 aliphatic heterocycles. The molecule has 14 heavy (non-hydrogen) atoms. The van der Waals surface area contributed by atoms with Gasteiger partial charge in [-0.25, -0.2) is 0 Å². The van der Waals surface area contributed by atoms with Gasteiger partial charge in [0, 0.05) is 4.88 Å². The molecule has 0 saturated heterocycles. The molecule has 0 aliphatic carbocycles. The summed E-state index contributed by atoms with van der Waals surface area (Å²) in [5.41, 5.74) is 1.55. The van der Waals surface area contributed by atoms with E-state index in [1.165, 1.54) is 16.6 Å². The smallest absolute Gasteiger partial charge is 0.0704 e. The first-order valence-electron chi connectivity index (χ1n) is 5.26. The number of hydrogen-bond donors (Lipinski definition) is 0. The quantitative estimate of drug-likeness (QED) is 0.732. The molecule has 0 aromatic carbocycles. The van der Waals surface area contributed by atoms with Crippen LogP contribution >= 0.6 is 27.3 Å². The average Bonchev–Trinajstić information content (AvgIpc) is 2.28. The predicted octanol–water partition coefficient (Wildman–Crippen LogP) is 4.91. The lowest BCUT2D eigenvalue weighted by molar-refractivity contribution is 0.622. The van der Waals surface area contributed by atoms with E-state index in [1.54, 1.807) is 10.4 Å². The summed E-state index contributed by atoms with van der Waals surface area (Å²) < 4.78 is 1.28. The molecule has 1 aromatic heterocycles. The first-order chi connectivity index (χ1) is 6.49. The molecule has 0 atom stereocenters. The van der Waals surface area contributed by atoms with Crippen LogP contribution in [0.5, 0.6) is 0 Å². The van der Waals surface area contributed by atoms with Crippen molar-refractivity contribution >= 4 is 27.3 Å². The van der Waals surface area contributed by atoms with Gasteiger partial charge in [0.2, 0.25) is 0 Å². The van der Waals surface area contributed by atoms with E-state index >= 15 is 0 Å². The normalized spacial score (nSPS) is 11.6. The van der Waals surface area contributed by atoms with Crippen molar-refractivity contribution in [3.8, 4) is 0 Å².